The van der Waals surface area contributed by atoms with Gasteiger partial charge in [0.2, 0.25) is 0 Å². The minimum atomic E-state index is -0.370. The number of anilines is 1. The Labute approximate surface area is 157 Å². The Morgan fingerprint density at radius 3 is 2.85 bits per heavy atom. The van der Waals surface area contributed by atoms with Crippen LogP contribution in [0, 0.1) is 23.0 Å². The topological polar surface area (TPSA) is 81.5 Å². The number of nitro groups is 1. The number of allylic oxidation sites excluding steroid dienone is 2. The van der Waals surface area contributed by atoms with Gasteiger partial charge in [-0.25, -0.2) is 4.79 Å². The summed E-state index contributed by atoms with van der Waals surface area (Å²) in [5.74, 6) is -0.0925. The van der Waals surface area contributed by atoms with Crippen molar-refractivity contribution in [1.29, 1.82) is 0 Å². The second kappa shape index (κ2) is 6.54. The van der Waals surface area contributed by atoms with Gasteiger partial charge in [0.25, 0.3) is 5.69 Å². The lowest BCUT2D eigenvalue weighted by Crippen LogP contribution is -2.31. The highest BCUT2D eigenvalue weighted by molar-refractivity contribution is 5.94. The van der Waals surface area contributed by atoms with E-state index in [2.05, 4.69) is 17.5 Å². The molecule has 2 aromatic carbocycles. The summed E-state index contributed by atoms with van der Waals surface area (Å²) in [4.78, 5) is 23.1. The number of methoxy groups -OCH3 is 1. The van der Waals surface area contributed by atoms with Gasteiger partial charge in [0.05, 0.1) is 23.6 Å². The minimum Gasteiger partial charge on any atom is -0.465 e. The fourth-order valence-corrected chi connectivity index (χ4v) is 4.30. The molecule has 2 aromatic rings. The van der Waals surface area contributed by atoms with Crippen molar-refractivity contribution >= 4 is 17.3 Å². The van der Waals surface area contributed by atoms with Crippen molar-refractivity contribution in [1.82, 2.24) is 0 Å². The summed E-state index contributed by atoms with van der Waals surface area (Å²) in [6, 6.07) is 10.4. The van der Waals surface area contributed by atoms with Crippen molar-refractivity contribution in [2.45, 2.75) is 25.3 Å². The standard InChI is InChI=1S/C21H20N2O4/c1-12-9-10-17(21(24)27-2)18-15-7-4-8-16(15)20(22-19(12)18)13-5-3-6-14(11-13)23(25)26/h3-7,9-11,15-16,20,22H,8H2,1-2H3/t15-,16+,20-/m1/s1. The molecule has 0 unspecified atom stereocenters. The van der Waals surface area contributed by atoms with Crippen molar-refractivity contribution in [2.24, 2.45) is 5.92 Å². The number of nitrogens with one attached hydrogen (secondary N) is 1. The monoisotopic (exact) mass is 364 g/mol. The van der Waals surface area contributed by atoms with Crippen LogP contribution in [0.3, 0.4) is 0 Å². The van der Waals surface area contributed by atoms with Crippen LogP contribution >= 0.6 is 0 Å². The quantitative estimate of drug-likeness (QED) is 0.375. The van der Waals surface area contributed by atoms with Gasteiger partial charge in [-0.2, -0.15) is 0 Å². The Balaban J connectivity index is 1.84. The Morgan fingerprint density at radius 2 is 2.11 bits per heavy atom. The molecule has 0 bridgehead atoms. The van der Waals surface area contributed by atoms with E-state index in [-0.39, 0.29) is 34.5 Å². The molecular weight excluding hydrogens is 344 g/mol. The number of rotatable bonds is 3. The van der Waals surface area contributed by atoms with Gasteiger partial charge in [-0.3, -0.25) is 10.1 Å². The summed E-state index contributed by atoms with van der Waals surface area (Å²) in [5.41, 5.74) is 4.46. The number of hydrogen-bond donors (Lipinski definition) is 1. The van der Waals surface area contributed by atoms with Gasteiger partial charge in [0.15, 0.2) is 0 Å². The maximum atomic E-state index is 12.3. The van der Waals surface area contributed by atoms with Crippen LogP contribution in [-0.4, -0.2) is 18.0 Å². The van der Waals surface area contributed by atoms with E-state index in [0.717, 1.165) is 28.8 Å². The van der Waals surface area contributed by atoms with E-state index in [1.807, 2.05) is 25.1 Å². The van der Waals surface area contributed by atoms with Crippen LogP contribution in [0.2, 0.25) is 0 Å². The van der Waals surface area contributed by atoms with Gasteiger partial charge in [-0.05, 0) is 42.0 Å². The predicted molar refractivity (Wildman–Crippen MR) is 102 cm³/mol. The van der Waals surface area contributed by atoms with Crippen molar-refractivity contribution in [3.63, 3.8) is 0 Å². The molecule has 0 aromatic heterocycles. The first-order chi connectivity index (χ1) is 13.0. The number of carbonyl (C=O) groups is 1. The molecular formula is C21H20N2O4. The first-order valence-electron chi connectivity index (χ1n) is 8.90. The first-order valence-corrected chi connectivity index (χ1v) is 8.90. The van der Waals surface area contributed by atoms with Crippen molar-refractivity contribution in [2.75, 3.05) is 12.4 Å². The van der Waals surface area contributed by atoms with Gasteiger partial charge in [-0.1, -0.05) is 30.4 Å². The molecule has 1 heterocycles. The molecule has 0 saturated heterocycles. The van der Waals surface area contributed by atoms with Crippen molar-refractivity contribution in [3.05, 3.63) is 80.9 Å². The smallest absolute Gasteiger partial charge is 0.338 e. The number of esters is 1. The molecule has 1 aliphatic carbocycles. The normalized spacial score (nSPS) is 22.5. The van der Waals surface area contributed by atoms with Crippen LogP contribution < -0.4 is 5.32 Å². The zero-order valence-corrected chi connectivity index (χ0v) is 15.1. The summed E-state index contributed by atoms with van der Waals surface area (Å²) in [7, 11) is 1.39. The third-order valence-electron chi connectivity index (χ3n) is 5.57. The Hall–Kier alpha value is -3.15. The van der Waals surface area contributed by atoms with Crippen LogP contribution in [0.5, 0.6) is 0 Å². The van der Waals surface area contributed by atoms with Crippen LogP contribution in [0.25, 0.3) is 0 Å². The number of fused-ring (bicyclic) bond motifs is 3. The van der Waals surface area contributed by atoms with Crippen molar-refractivity contribution in [3.8, 4) is 0 Å². The highest BCUT2D eigenvalue weighted by atomic mass is 16.6. The van der Waals surface area contributed by atoms with E-state index in [4.69, 9.17) is 4.74 Å². The zero-order valence-electron chi connectivity index (χ0n) is 15.1. The summed E-state index contributed by atoms with van der Waals surface area (Å²) >= 11 is 0. The number of aryl methyl sites for hydroxylation is 1. The molecule has 3 atom stereocenters. The largest absolute Gasteiger partial charge is 0.465 e. The molecule has 1 N–H and O–H groups in total. The minimum absolute atomic E-state index is 0.0657. The highest BCUT2D eigenvalue weighted by Crippen LogP contribution is 2.52. The molecule has 6 nitrogen and oxygen atoms in total. The zero-order chi connectivity index (χ0) is 19.1. The SMILES string of the molecule is COC(=O)c1ccc(C)c2c1[C@@H]1C=CC[C@@H]1[C@@H](c1cccc([N+](=O)[O-])c1)N2. The fraction of sp³-hybridized carbons (Fsp3) is 0.286. The van der Waals surface area contributed by atoms with Gasteiger partial charge >= 0.3 is 5.97 Å². The third-order valence-corrected chi connectivity index (χ3v) is 5.57. The first kappa shape index (κ1) is 17.3. The summed E-state index contributed by atoms with van der Waals surface area (Å²) in [5, 5.41) is 14.8. The summed E-state index contributed by atoms with van der Waals surface area (Å²) in [6.45, 7) is 2.00. The lowest BCUT2D eigenvalue weighted by atomic mass is 9.74. The number of carbonyl (C=O) groups excluding carboxylic acids is 1. The van der Waals surface area contributed by atoms with Crippen LogP contribution in [0.15, 0.2) is 48.6 Å². The Bertz CT molecular complexity index is 967. The molecule has 0 fully saturated rings. The van der Waals surface area contributed by atoms with Gasteiger partial charge in [0, 0.05) is 23.7 Å². The molecule has 27 heavy (non-hydrogen) atoms. The van der Waals surface area contributed by atoms with E-state index in [0.29, 0.717) is 5.56 Å². The summed E-state index contributed by atoms with van der Waals surface area (Å²) < 4.78 is 4.98. The second-order valence-corrected chi connectivity index (χ2v) is 7.04. The average molecular weight is 364 g/mol. The van der Waals surface area contributed by atoms with Crippen molar-refractivity contribution < 1.29 is 14.5 Å². The van der Waals surface area contributed by atoms with Crippen LogP contribution in [0.1, 0.15) is 45.4 Å². The van der Waals surface area contributed by atoms with E-state index in [1.165, 1.54) is 13.2 Å². The molecule has 4 rings (SSSR count). The van der Waals surface area contributed by atoms with Crippen LogP contribution in [-0.2, 0) is 4.74 Å². The Kier molecular flexibility index (Phi) is 4.18. The van der Waals surface area contributed by atoms with Gasteiger partial charge < -0.3 is 10.1 Å². The number of benzene rings is 2. The maximum absolute atomic E-state index is 12.3. The van der Waals surface area contributed by atoms with Gasteiger partial charge in [0.1, 0.15) is 0 Å². The molecule has 0 amide bonds. The maximum Gasteiger partial charge on any atom is 0.338 e. The molecule has 0 radical (unpaired) electrons. The van der Waals surface area contributed by atoms with E-state index >= 15 is 0 Å². The molecule has 0 saturated carbocycles. The molecule has 0 spiro atoms. The second-order valence-electron chi connectivity index (χ2n) is 7.04. The fourth-order valence-electron chi connectivity index (χ4n) is 4.30. The van der Waals surface area contributed by atoms with E-state index < -0.39 is 0 Å². The predicted octanol–water partition coefficient (Wildman–Crippen LogP) is 4.52. The van der Waals surface area contributed by atoms with Crippen LogP contribution in [0.4, 0.5) is 11.4 Å². The third kappa shape index (κ3) is 2.77. The highest BCUT2D eigenvalue weighted by Gasteiger charge is 2.41. The van der Waals surface area contributed by atoms with E-state index in [9.17, 15) is 14.9 Å². The number of ether oxygens (including phenoxy) is 1. The number of nitrogens with zero attached hydrogens (tertiary/aromatic N) is 1. The number of hydrogen-bond acceptors (Lipinski definition) is 5. The molecule has 2 aliphatic rings. The lowest BCUT2D eigenvalue weighted by molar-refractivity contribution is -0.384. The lowest BCUT2D eigenvalue weighted by Gasteiger charge is -2.39. The van der Waals surface area contributed by atoms with E-state index in [1.54, 1.807) is 12.1 Å². The molecule has 138 valence electrons. The Morgan fingerprint density at radius 1 is 1.30 bits per heavy atom. The summed E-state index contributed by atoms with van der Waals surface area (Å²) in [6.07, 6.45) is 5.11. The molecule has 6 heteroatoms. The molecule has 1 aliphatic heterocycles. The average Bonchev–Trinajstić information content (AvgIpc) is 3.17. The van der Waals surface area contributed by atoms with Gasteiger partial charge in [-0.15, -0.1) is 0 Å². The number of non-ortho nitro benzene ring substituents is 1. The number of nitro benzene ring substituents is 1.